The Morgan fingerprint density at radius 2 is 2.29 bits per heavy atom. The van der Waals surface area contributed by atoms with Gasteiger partial charge in [0.15, 0.2) is 0 Å². The quantitative estimate of drug-likeness (QED) is 0.694. The van der Waals surface area contributed by atoms with Gasteiger partial charge in [-0.05, 0) is 45.7 Å². The molecule has 1 unspecified atom stereocenters. The van der Waals surface area contributed by atoms with Crippen LogP contribution in [0.25, 0.3) is 0 Å². The van der Waals surface area contributed by atoms with E-state index in [0.717, 1.165) is 32.4 Å². The molecule has 0 aromatic heterocycles. The third kappa shape index (κ3) is 2.69. The number of aliphatic hydroxyl groups is 1. The molecule has 0 aromatic rings. The van der Waals surface area contributed by atoms with Crippen LogP contribution in [0.3, 0.4) is 0 Å². The number of rotatable bonds is 4. The van der Waals surface area contributed by atoms with Crippen LogP contribution in [0.15, 0.2) is 0 Å². The van der Waals surface area contributed by atoms with E-state index in [9.17, 15) is 5.11 Å². The summed E-state index contributed by atoms with van der Waals surface area (Å²) >= 11 is 0. The van der Waals surface area contributed by atoms with Crippen molar-refractivity contribution in [1.29, 1.82) is 0 Å². The summed E-state index contributed by atoms with van der Waals surface area (Å²) in [6, 6.07) is 0.686. The van der Waals surface area contributed by atoms with Crippen molar-refractivity contribution in [3.8, 4) is 0 Å². The van der Waals surface area contributed by atoms with Gasteiger partial charge in [-0.15, -0.1) is 0 Å². The van der Waals surface area contributed by atoms with Gasteiger partial charge in [0.25, 0.3) is 0 Å². The van der Waals surface area contributed by atoms with Gasteiger partial charge in [0.1, 0.15) is 0 Å². The van der Waals surface area contributed by atoms with Crippen molar-refractivity contribution in [3.63, 3.8) is 0 Å². The summed E-state index contributed by atoms with van der Waals surface area (Å²) in [4.78, 5) is 2.41. The van der Waals surface area contributed by atoms with Crippen molar-refractivity contribution in [2.24, 2.45) is 0 Å². The maximum absolute atomic E-state index is 9.73. The average molecular weight is 198 g/mol. The van der Waals surface area contributed by atoms with E-state index in [4.69, 9.17) is 0 Å². The first-order valence-corrected chi connectivity index (χ1v) is 5.83. The van der Waals surface area contributed by atoms with Gasteiger partial charge in [0.05, 0.1) is 5.60 Å². The highest BCUT2D eigenvalue weighted by Crippen LogP contribution is 2.38. The summed E-state index contributed by atoms with van der Waals surface area (Å²) in [5.41, 5.74) is -0.281. The minimum absolute atomic E-state index is 0.281. The predicted molar refractivity (Wildman–Crippen MR) is 57.3 cm³/mol. The zero-order valence-electron chi connectivity index (χ0n) is 9.13. The van der Waals surface area contributed by atoms with E-state index in [1.165, 1.54) is 19.4 Å². The topological polar surface area (TPSA) is 35.5 Å². The fourth-order valence-electron chi connectivity index (χ4n) is 2.17. The fraction of sp³-hybridized carbons (Fsp3) is 1.00. The molecular weight excluding hydrogens is 176 g/mol. The van der Waals surface area contributed by atoms with E-state index in [0.29, 0.717) is 6.04 Å². The SMILES string of the molecule is CN(CCC1(O)CC1)C1CCCNC1. The second-order valence-corrected chi connectivity index (χ2v) is 4.96. The van der Waals surface area contributed by atoms with E-state index in [2.05, 4.69) is 17.3 Å². The van der Waals surface area contributed by atoms with Crippen molar-refractivity contribution in [1.82, 2.24) is 10.2 Å². The third-order valence-electron chi connectivity index (χ3n) is 3.65. The average Bonchev–Trinajstić information content (AvgIpc) is 2.95. The normalized spacial score (nSPS) is 30.6. The monoisotopic (exact) mass is 198 g/mol. The molecule has 1 aliphatic heterocycles. The van der Waals surface area contributed by atoms with Gasteiger partial charge in [-0.2, -0.15) is 0 Å². The lowest BCUT2D eigenvalue weighted by atomic mass is 10.1. The number of hydrogen-bond donors (Lipinski definition) is 2. The van der Waals surface area contributed by atoms with E-state index in [1.54, 1.807) is 0 Å². The van der Waals surface area contributed by atoms with Gasteiger partial charge >= 0.3 is 0 Å². The van der Waals surface area contributed by atoms with Crippen molar-refractivity contribution in [2.75, 3.05) is 26.7 Å². The zero-order chi connectivity index (χ0) is 10.0. The molecule has 2 fully saturated rings. The van der Waals surface area contributed by atoms with E-state index < -0.39 is 0 Å². The molecule has 0 amide bonds. The van der Waals surface area contributed by atoms with Crippen LogP contribution in [0.4, 0.5) is 0 Å². The zero-order valence-corrected chi connectivity index (χ0v) is 9.13. The molecule has 3 heteroatoms. The molecule has 2 aliphatic rings. The van der Waals surface area contributed by atoms with E-state index >= 15 is 0 Å². The number of hydrogen-bond acceptors (Lipinski definition) is 3. The van der Waals surface area contributed by atoms with Crippen LogP contribution in [0.5, 0.6) is 0 Å². The highest BCUT2D eigenvalue weighted by Gasteiger charge is 2.40. The summed E-state index contributed by atoms with van der Waals surface area (Å²) in [6.45, 7) is 3.34. The Morgan fingerprint density at radius 1 is 1.50 bits per heavy atom. The lowest BCUT2D eigenvalue weighted by molar-refractivity contribution is 0.109. The second kappa shape index (κ2) is 4.17. The highest BCUT2D eigenvalue weighted by atomic mass is 16.3. The maximum atomic E-state index is 9.73. The van der Waals surface area contributed by atoms with E-state index in [-0.39, 0.29) is 5.60 Å². The van der Waals surface area contributed by atoms with Gasteiger partial charge < -0.3 is 15.3 Å². The van der Waals surface area contributed by atoms with Crippen LogP contribution >= 0.6 is 0 Å². The lowest BCUT2D eigenvalue weighted by Crippen LogP contribution is -2.45. The largest absolute Gasteiger partial charge is 0.390 e. The van der Waals surface area contributed by atoms with Crippen LogP contribution in [-0.2, 0) is 0 Å². The summed E-state index contributed by atoms with van der Waals surface area (Å²) in [6.07, 6.45) is 5.59. The number of likely N-dealkylation sites (N-methyl/N-ethyl adjacent to an activating group) is 1. The predicted octanol–water partition coefficient (Wildman–Crippen LogP) is 0.585. The van der Waals surface area contributed by atoms with Crippen molar-refractivity contribution < 1.29 is 5.11 Å². The third-order valence-corrected chi connectivity index (χ3v) is 3.65. The molecule has 82 valence electrons. The van der Waals surface area contributed by atoms with Crippen LogP contribution in [0.2, 0.25) is 0 Å². The second-order valence-electron chi connectivity index (χ2n) is 4.96. The van der Waals surface area contributed by atoms with Crippen molar-refractivity contribution in [3.05, 3.63) is 0 Å². The molecule has 0 radical (unpaired) electrons. The minimum atomic E-state index is -0.281. The first-order valence-electron chi connectivity index (χ1n) is 5.83. The Bertz CT molecular complexity index is 186. The molecule has 0 spiro atoms. The molecule has 0 bridgehead atoms. The Labute approximate surface area is 86.5 Å². The molecule has 1 saturated carbocycles. The van der Waals surface area contributed by atoms with Gasteiger partial charge in [-0.1, -0.05) is 0 Å². The lowest BCUT2D eigenvalue weighted by Gasteiger charge is -2.32. The minimum Gasteiger partial charge on any atom is -0.390 e. The first kappa shape index (κ1) is 10.4. The van der Waals surface area contributed by atoms with Gasteiger partial charge in [0.2, 0.25) is 0 Å². The molecule has 1 aliphatic carbocycles. The summed E-state index contributed by atoms with van der Waals surface area (Å²) in [7, 11) is 2.18. The molecular formula is C11H22N2O. The van der Waals surface area contributed by atoms with Gasteiger partial charge in [-0.25, -0.2) is 0 Å². The molecule has 14 heavy (non-hydrogen) atoms. The van der Waals surface area contributed by atoms with Gasteiger partial charge in [0, 0.05) is 19.1 Å². The molecule has 3 nitrogen and oxygen atoms in total. The Balaban J connectivity index is 1.68. The standard InChI is InChI=1S/C11H22N2O/c1-13(8-6-11(14)4-5-11)10-3-2-7-12-9-10/h10,12,14H,2-9H2,1H3. The van der Waals surface area contributed by atoms with Crippen LogP contribution in [0.1, 0.15) is 32.1 Å². The van der Waals surface area contributed by atoms with Crippen molar-refractivity contribution in [2.45, 2.75) is 43.7 Å². The number of nitrogens with one attached hydrogen (secondary N) is 1. The molecule has 2 N–H and O–H groups in total. The smallest absolute Gasteiger partial charge is 0.0662 e. The summed E-state index contributed by atoms with van der Waals surface area (Å²) < 4.78 is 0. The van der Waals surface area contributed by atoms with Crippen LogP contribution in [-0.4, -0.2) is 48.3 Å². The molecule has 1 atom stereocenters. The van der Waals surface area contributed by atoms with E-state index in [1.807, 2.05) is 0 Å². The maximum Gasteiger partial charge on any atom is 0.0662 e. The van der Waals surface area contributed by atoms with Crippen LogP contribution in [0, 0.1) is 0 Å². The Morgan fingerprint density at radius 3 is 2.86 bits per heavy atom. The highest BCUT2D eigenvalue weighted by molar-refractivity contribution is 4.94. The molecule has 1 saturated heterocycles. The molecule has 0 aromatic carbocycles. The van der Waals surface area contributed by atoms with Crippen LogP contribution < -0.4 is 5.32 Å². The number of piperidine rings is 1. The molecule has 1 heterocycles. The summed E-state index contributed by atoms with van der Waals surface area (Å²) in [5.74, 6) is 0. The summed E-state index contributed by atoms with van der Waals surface area (Å²) in [5, 5.41) is 13.2. The first-order chi connectivity index (χ1) is 6.70. The van der Waals surface area contributed by atoms with Gasteiger partial charge in [-0.3, -0.25) is 0 Å². The fourth-order valence-corrected chi connectivity index (χ4v) is 2.17. The molecule has 2 rings (SSSR count). The van der Waals surface area contributed by atoms with Crippen molar-refractivity contribution >= 4 is 0 Å². The number of nitrogens with zero attached hydrogens (tertiary/aromatic N) is 1. The Hall–Kier alpha value is -0.120. The Kier molecular flexibility index (Phi) is 3.10.